The first-order valence-electron chi connectivity index (χ1n) is 4.27. The Morgan fingerprint density at radius 3 is 2.53 bits per heavy atom. The molecule has 1 atom stereocenters. The molecule has 0 bridgehead atoms. The van der Waals surface area contributed by atoms with Gasteiger partial charge in [-0.25, -0.2) is 4.89 Å². The number of rotatable bonds is 4. The van der Waals surface area contributed by atoms with E-state index in [1.807, 2.05) is 6.07 Å². The van der Waals surface area contributed by atoms with Crippen molar-refractivity contribution >= 4 is 8.46 Å². The van der Waals surface area contributed by atoms with E-state index in [-0.39, 0.29) is 15.1 Å². The van der Waals surface area contributed by atoms with Crippen LogP contribution in [0.1, 0.15) is 0 Å². The largest absolute Gasteiger partial charge is 0.493 e. The van der Waals surface area contributed by atoms with Crippen molar-refractivity contribution in [3.8, 4) is 11.5 Å². The van der Waals surface area contributed by atoms with Crippen LogP contribution in [-0.2, 0) is 14.3 Å². The summed E-state index contributed by atoms with van der Waals surface area (Å²) in [5.74, 6) is 1.02. The van der Waals surface area contributed by atoms with E-state index in [1.54, 1.807) is 18.2 Å². The second-order valence-corrected chi connectivity index (χ2v) is 3.77. The summed E-state index contributed by atoms with van der Waals surface area (Å²) in [4.78, 5) is 9.17. The lowest BCUT2D eigenvalue weighted by Gasteiger charge is -2.33. The normalized spacial score (nSPS) is 24.6. The molecule has 1 saturated heterocycles. The molecule has 1 unspecified atom stereocenters. The lowest BCUT2D eigenvalue weighted by molar-refractivity contribution is -0.486. The van der Waals surface area contributed by atoms with Crippen molar-refractivity contribution in [2.24, 2.45) is 0 Å². The number of methoxy groups -OCH3 is 1. The van der Waals surface area contributed by atoms with Gasteiger partial charge in [-0.05, 0) is 12.1 Å². The summed E-state index contributed by atoms with van der Waals surface area (Å²) in [6.45, 7) is 0.121. The molecule has 0 radical (unpaired) electrons. The summed E-state index contributed by atoms with van der Waals surface area (Å²) in [7, 11) is 1.25. The van der Waals surface area contributed by atoms with Gasteiger partial charge in [0.25, 0.3) is 0 Å². The third kappa shape index (κ3) is 1.95. The molecule has 1 heterocycles. The Hall–Kier alpha value is -1.16. The molecular formula is C9H9O5P. The van der Waals surface area contributed by atoms with Gasteiger partial charge in [0.15, 0.2) is 18.1 Å². The number of hydrogen-bond donors (Lipinski definition) is 0. The molecule has 80 valence electrons. The first-order chi connectivity index (χ1) is 7.29. The van der Waals surface area contributed by atoms with E-state index in [9.17, 15) is 4.57 Å². The minimum atomic E-state index is -1.23. The van der Waals surface area contributed by atoms with Crippen molar-refractivity contribution in [3.05, 3.63) is 24.3 Å². The predicted octanol–water partition coefficient (Wildman–Crippen LogP) is 1.98. The molecule has 1 aromatic rings. The van der Waals surface area contributed by atoms with Gasteiger partial charge in [-0.15, -0.1) is 0 Å². The molecule has 1 aromatic carbocycles. The van der Waals surface area contributed by atoms with Crippen LogP contribution in [0, 0.1) is 0 Å². The van der Waals surface area contributed by atoms with Crippen LogP contribution in [0.15, 0.2) is 24.3 Å². The maximum Gasteiger partial charge on any atom is 0.347 e. The zero-order chi connectivity index (χ0) is 10.7. The molecule has 15 heavy (non-hydrogen) atoms. The summed E-state index contributed by atoms with van der Waals surface area (Å²) < 4.78 is 21.3. The topological polar surface area (TPSA) is 54.0 Å². The average Bonchev–Trinajstić information content (AvgIpc) is 2.24. The highest BCUT2D eigenvalue weighted by Crippen LogP contribution is 2.39. The highest BCUT2D eigenvalue weighted by atomic mass is 31.1. The summed E-state index contributed by atoms with van der Waals surface area (Å²) in [6.07, 6.45) is 0. The zero-order valence-corrected chi connectivity index (χ0v) is 8.90. The molecule has 0 spiro atoms. The van der Waals surface area contributed by atoms with Gasteiger partial charge in [-0.1, -0.05) is 12.1 Å². The van der Waals surface area contributed by atoms with E-state index in [1.165, 1.54) is 7.11 Å². The SMILES string of the molecule is COc1ccccc1OC1(P=O)COO1. The van der Waals surface area contributed by atoms with Gasteiger partial charge in [0.1, 0.15) is 0 Å². The molecule has 0 aromatic heterocycles. The van der Waals surface area contributed by atoms with Crippen LogP contribution in [0.25, 0.3) is 0 Å². The van der Waals surface area contributed by atoms with Crippen LogP contribution in [-0.4, -0.2) is 19.2 Å². The highest BCUT2D eigenvalue weighted by Gasteiger charge is 2.46. The number of ether oxygens (including phenoxy) is 2. The van der Waals surface area contributed by atoms with Gasteiger partial charge in [0.05, 0.1) is 7.11 Å². The van der Waals surface area contributed by atoms with Crippen LogP contribution in [0.2, 0.25) is 0 Å². The van der Waals surface area contributed by atoms with E-state index >= 15 is 0 Å². The minimum Gasteiger partial charge on any atom is -0.493 e. The summed E-state index contributed by atoms with van der Waals surface area (Å²) in [5.41, 5.74) is -1.23. The number of hydrogen-bond acceptors (Lipinski definition) is 5. The summed E-state index contributed by atoms with van der Waals surface area (Å²) in [6, 6.07) is 7.04. The first-order valence-corrected chi connectivity index (χ1v) is 5.08. The summed E-state index contributed by atoms with van der Waals surface area (Å²) in [5, 5.41) is 0. The molecule has 0 saturated carbocycles. The Morgan fingerprint density at radius 2 is 2.07 bits per heavy atom. The Balaban J connectivity index is 2.19. The fourth-order valence-corrected chi connectivity index (χ4v) is 1.47. The van der Waals surface area contributed by atoms with Gasteiger partial charge in [0.2, 0.25) is 8.46 Å². The minimum absolute atomic E-state index is 0.121. The molecule has 1 fully saturated rings. The maximum atomic E-state index is 10.8. The van der Waals surface area contributed by atoms with E-state index in [2.05, 4.69) is 9.78 Å². The first kappa shape index (κ1) is 10.4. The van der Waals surface area contributed by atoms with Crippen molar-refractivity contribution in [3.63, 3.8) is 0 Å². The van der Waals surface area contributed by atoms with Crippen molar-refractivity contribution in [1.29, 1.82) is 0 Å². The van der Waals surface area contributed by atoms with Crippen molar-refractivity contribution in [2.45, 2.75) is 5.53 Å². The molecule has 1 aliphatic heterocycles. The molecule has 1 aliphatic rings. The molecule has 2 rings (SSSR count). The third-order valence-corrected chi connectivity index (χ3v) is 2.48. The fraction of sp³-hybridized carbons (Fsp3) is 0.333. The molecule has 6 heteroatoms. The molecule has 0 aliphatic carbocycles. The smallest absolute Gasteiger partial charge is 0.347 e. The van der Waals surface area contributed by atoms with Crippen molar-refractivity contribution < 1.29 is 23.8 Å². The highest BCUT2D eigenvalue weighted by molar-refractivity contribution is 7.25. The maximum absolute atomic E-state index is 10.8. The van der Waals surface area contributed by atoms with E-state index < -0.39 is 5.53 Å². The zero-order valence-electron chi connectivity index (χ0n) is 8.00. The molecular weight excluding hydrogens is 219 g/mol. The average molecular weight is 228 g/mol. The lowest BCUT2D eigenvalue weighted by Crippen LogP contribution is -2.47. The Morgan fingerprint density at radius 1 is 1.40 bits per heavy atom. The molecule has 0 N–H and O–H groups in total. The standard InChI is InChI=1S/C9H9O5P/c1-11-7-4-2-3-5-8(7)13-9(15-10)6-12-14-9/h2-5H,6H2,1H3. The van der Waals surface area contributed by atoms with Crippen LogP contribution >= 0.6 is 8.46 Å². The van der Waals surface area contributed by atoms with E-state index in [4.69, 9.17) is 9.47 Å². The Labute approximate surface area is 88.0 Å². The third-order valence-electron chi connectivity index (χ3n) is 1.91. The second-order valence-electron chi connectivity index (χ2n) is 2.90. The van der Waals surface area contributed by atoms with Gasteiger partial charge < -0.3 is 9.47 Å². The summed E-state index contributed by atoms with van der Waals surface area (Å²) >= 11 is 0. The van der Waals surface area contributed by atoms with Crippen molar-refractivity contribution in [1.82, 2.24) is 0 Å². The van der Waals surface area contributed by atoms with Gasteiger partial charge in [0, 0.05) is 0 Å². The van der Waals surface area contributed by atoms with E-state index in [0.29, 0.717) is 11.5 Å². The second kappa shape index (κ2) is 4.14. The Bertz CT molecular complexity index is 363. The fourth-order valence-electron chi connectivity index (χ4n) is 1.14. The van der Waals surface area contributed by atoms with Crippen LogP contribution in [0.4, 0.5) is 0 Å². The number of para-hydroxylation sites is 2. The number of benzene rings is 1. The van der Waals surface area contributed by atoms with Crippen molar-refractivity contribution in [2.75, 3.05) is 13.7 Å². The van der Waals surface area contributed by atoms with E-state index in [0.717, 1.165) is 0 Å². The van der Waals surface area contributed by atoms with Crippen LogP contribution < -0.4 is 9.47 Å². The Kier molecular flexibility index (Phi) is 2.86. The monoisotopic (exact) mass is 228 g/mol. The predicted molar refractivity (Wildman–Crippen MR) is 51.0 cm³/mol. The quantitative estimate of drug-likeness (QED) is 0.582. The van der Waals surface area contributed by atoms with Gasteiger partial charge in [-0.3, -0.25) is 4.57 Å². The van der Waals surface area contributed by atoms with Gasteiger partial charge in [-0.2, -0.15) is 4.89 Å². The molecule has 5 nitrogen and oxygen atoms in total. The van der Waals surface area contributed by atoms with Crippen LogP contribution in [0.5, 0.6) is 11.5 Å². The molecule has 0 amide bonds. The lowest BCUT2D eigenvalue weighted by atomic mass is 10.3. The van der Waals surface area contributed by atoms with Gasteiger partial charge >= 0.3 is 5.53 Å². The van der Waals surface area contributed by atoms with Crippen LogP contribution in [0.3, 0.4) is 0 Å².